The van der Waals surface area contributed by atoms with Gasteiger partial charge in [-0.05, 0) is 49.1 Å². The monoisotopic (exact) mass is 217 g/mol. The number of rotatable bonds is 3. The average Bonchev–Trinajstić information content (AvgIpc) is 2.77. The first-order valence-electron chi connectivity index (χ1n) is 5.97. The van der Waals surface area contributed by atoms with Gasteiger partial charge >= 0.3 is 0 Å². The Kier molecular flexibility index (Phi) is 3.39. The maximum atomic E-state index is 9.12. The first-order chi connectivity index (χ1) is 7.70. The third kappa shape index (κ3) is 2.33. The molecule has 1 fully saturated rings. The lowest BCUT2D eigenvalue weighted by molar-refractivity contribution is 0.229. The Hall–Kier alpha value is -1.15. The number of aliphatic hydroxyl groups excluding tert-OH is 1. The van der Waals surface area contributed by atoms with E-state index in [0.29, 0.717) is 24.2 Å². The van der Waals surface area contributed by atoms with Crippen molar-refractivity contribution in [2.24, 2.45) is 5.92 Å². The fourth-order valence-electron chi connectivity index (χ4n) is 2.55. The standard InChI is InChI=1S/C14H19NO/c1-10(15)12-4-6-13(7-5-12)14-3-2-11(8-14)9-16/h4-7,11,14-16H,2-3,8-9H2,1H3/t11-,14-/m0/s1. The molecule has 86 valence electrons. The van der Waals surface area contributed by atoms with Gasteiger partial charge in [-0.15, -0.1) is 0 Å². The summed E-state index contributed by atoms with van der Waals surface area (Å²) in [5.41, 5.74) is 2.98. The second kappa shape index (κ2) is 4.79. The van der Waals surface area contributed by atoms with Gasteiger partial charge in [-0.1, -0.05) is 24.3 Å². The van der Waals surface area contributed by atoms with Crippen LogP contribution >= 0.6 is 0 Å². The first-order valence-corrected chi connectivity index (χ1v) is 5.97. The van der Waals surface area contributed by atoms with E-state index in [1.54, 1.807) is 0 Å². The van der Waals surface area contributed by atoms with Gasteiger partial charge in [0.25, 0.3) is 0 Å². The van der Waals surface area contributed by atoms with Crippen LogP contribution in [0.5, 0.6) is 0 Å². The van der Waals surface area contributed by atoms with Crippen LogP contribution in [0.2, 0.25) is 0 Å². The molecule has 1 aliphatic rings. The van der Waals surface area contributed by atoms with Crippen LogP contribution in [-0.4, -0.2) is 17.4 Å². The molecule has 2 heteroatoms. The van der Waals surface area contributed by atoms with Gasteiger partial charge < -0.3 is 10.5 Å². The van der Waals surface area contributed by atoms with Gasteiger partial charge in [0.2, 0.25) is 0 Å². The summed E-state index contributed by atoms with van der Waals surface area (Å²) < 4.78 is 0. The van der Waals surface area contributed by atoms with Crippen LogP contribution in [0.4, 0.5) is 0 Å². The van der Waals surface area contributed by atoms with Crippen molar-refractivity contribution in [1.82, 2.24) is 0 Å². The van der Waals surface area contributed by atoms with Crippen molar-refractivity contribution in [2.45, 2.75) is 32.1 Å². The van der Waals surface area contributed by atoms with Gasteiger partial charge in [-0.2, -0.15) is 0 Å². The Labute approximate surface area is 96.8 Å². The maximum Gasteiger partial charge on any atom is 0.0459 e. The Morgan fingerprint density at radius 2 is 2.00 bits per heavy atom. The van der Waals surface area contributed by atoms with Crippen LogP contribution in [0.15, 0.2) is 24.3 Å². The van der Waals surface area contributed by atoms with Crippen LogP contribution in [0.1, 0.15) is 43.2 Å². The van der Waals surface area contributed by atoms with Crippen molar-refractivity contribution in [2.75, 3.05) is 6.61 Å². The molecule has 0 saturated heterocycles. The van der Waals surface area contributed by atoms with Crippen LogP contribution in [0.3, 0.4) is 0 Å². The molecule has 2 atom stereocenters. The molecule has 2 N–H and O–H groups in total. The highest BCUT2D eigenvalue weighted by Crippen LogP contribution is 2.37. The highest BCUT2D eigenvalue weighted by atomic mass is 16.3. The predicted molar refractivity (Wildman–Crippen MR) is 66.1 cm³/mol. The number of benzene rings is 1. The zero-order valence-electron chi connectivity index (χ0n) is 9.74. The fraction of sp³-hybridized carbons (Fsp3) is 0.500. The van der Waals surface area contributed by atoms with Crippen molar-refractivity contribution in [3.8, 4) is 0 Å². The Balaban J connectivity index is 2.08. The van der Waals surface area contributed by atoms with Crippen molar-refractivity contribution in [3.63, 3.8) is 0 Å². The van der Waals surface area contributed by atoms with Gasteiger partial charge in [-0.3, -0.25) is 0 Å². The average molecular weight is 217 g/mol. The minimum atomic E-state index is 0.328. The lowest BCUT2D eigenvalue weighted by Gasteiger charge is -2.11. The van der Waals surface area contributed by atoms with E-state index in [9.17, 15) is 0 Å². The van der Waals surface area contributed by atoms with Crippen LogP contribution in [0.25, 0.3) is 0 Å². The zero-order chi connectivity index (χ0) is 11.5. The molecule has 1 aliphatic carbocycles. The van der Waals surface area contributed by atoms with E-state index >= 15 is 0 Å². The van der Waals surface area contributed by atoms with Crippen LogP contribution in [0, 0.1) is 11.3 Å². The van der Waals surface area contributed by atoms with Crippen molar-refractivity contribution >= 4 is 5.71 Å². The van der Waals surface area contributed by atoms with Crippen LogP contribution < -0.4 is 0 Å². The largest absolute Gasteiger partial charge is 0.396 e. The van der Waals surface area contributed by atoms with Gasteiger partial charge in [0.15, 0.2) is 0 Å². The molecule has 0 spiro atoms. The van der Waals surface area contributed by atoms with E-state index in [2.05, 4.69) is 12.1 Å². The number of hydrogen-bond acceptors (Lipinski definition) is 2. The Morgan fingerprint density at radius 3 is 2.50 bits per heavy atom. The molecule has 0 unspecified atom stereocenters. The van der Waals surface area contributed by atoms with E-state index in [1.165, 1.54) is 12.0 Å². The lowest BCUT2D eigenvalue weighted by atomic mass is 9.95. The van der Waals surface area contributed by atoms with Crippen molar-refractivity contribution < 1.29 is 5.11 Å². The molecule has 0 heterocycles. The smallest absolute Gasteiger partial charge is 0.0459 e. The third-order valence-corrected chi connectivity index (χ3v) is 3.61. The molecule has 1 saturated carbocycles. The summed E-state index contributed by atoms with van der Waals surface area (Å²) >= 11 is 0. The molecule has 1 aromatic rings. The van der Waals surface area contributed by atoms with E-state index in [1.807, 2.05) is 19.1 Å². The summed E-state index contributed by atoms with van der Waals surface area (Å²) in [7, 11) is 0. The molecule has 16 heavy (non-hydrogen) atoms. The molecule has 0 aliphatic heterocycles. The topological polar surface area (TPSA) is 44.1 Å². The van der Waals surface area contributed by atoms with Gasteiger partial charge in [-0.25, -0.2) is 0 Å². The quantitative estimate of drug-likeness (QED) is 0.751. The van der Waals surface area contributed by atoms with Gasteiger partial charge in [0, 0.05) is 12.3 Å². The summed E-state index contributed by atoms with van der Waals surface area (Å²) in [6, 6.07) is 8.34. The van der Waals surface area contributed by atoms with Crippen LogP contribution in [-0.2, 0) is 0 Å². The maximum absolute atomic E-state index is 9.12. The molecule has 2 nitrogen and oxygen atoms in total. The molecule has 0 aromatic heterocycles. The third-order valence-electron chi connectivity index (χ3n) is 3.61. The van der Waals surface area contributed by atoms with Crippen molar-refractivity contribution in [1.29, 1.82) is 5.41 Å². The van der Waals surface area contributed by atoms with E-state index < -0.39 is 0 Å². The van der Waals surface area contributed by atoms with Gasteiger partial charge in [0.1, 0.15) is 0 Å². The molecule has 0 radical (unpaired) electrons. The molecule has 2 rings (SSSR count). The van der Waals surface area contributed by atoms with E-state index in [0.717, 1.165) is 18.4 Å². The normalized spacial score (nSPS) is 24.6. The number of nitrogens with one attached hydrogen (secondary N) is 1. The Bertz CT molecular complexity index is 369. The number of aliphatic hydroxyl groups is 1. The van der Waals surface area contributed by atoms with Gasteiger partial charge in [0.05, 0.1) is 0 Å². The lowest BCUT2D eigenvalue weighted by Crippen LogP contribution is -2.01. The highest BCUT2D eigenvalue weighted by Gasteiger charge is 2.24. The summed E-state index contributed by atoms with van der Waals surface area (Å²) in [5.74, 6) is 1.10. The predicted octanol–water partition coefficient (Wildman–Crippen LogP) is 2.95. The zero-order valence-corrected chi connectivity index (χ0v) is 9.74. The minimum Gasteiger partial charge on any atom is -0.396 e. The molecular weight excluding hydrogens is 198 g/mol. The van der Waals surface area contributed by atoms with E-state index in [4.69, 9.17) is 10.5 Å². The summed E-state index contributed by atoms with van der Waals surface area (Å²) in [5, 5.41) is 16.7. The Morgan fingerprint density at radius 1 is 1.31 bits per heavy atom. The fourth-order valence-corrected chi connectivity index (χ4v) is 2.55. The summed E-state index contributed by atoms with van der Waals surface area (Å²) in [6.07, 6.45) is 3.44. The molecule has 0 bridgehead atoms. The summed E-state index contributed by atoms with van der Waals surface area (Å²) in [6.45, 7) is 2.14. The molecule has 1 aromatic carbocycles. The molecule has 0 amide bonds. The van der Waals surface area contributed by atoms with Crippen molar-refractivity contribution in [3.05, 3.63) is 35.4 Å². The second-order valence-corrected chi connectivity index (χ2v) is 4.81. The SMILES string of the molecule is CC(=N)c1ccc([C@H]2CC[C@H](CO)C2)cc1. The summed E-state index contributed by atoms with van der Waals surface area (Å²) in [4.78, 5) is 0. The minimum absolute atomic E-state index is 0.328. The highest BCUT2D eigenvalue weighted by molar-refractivity contribution is 5.96. The van der Waals surface area contributed by atoms with E-state index in [-0.39, 0.29) is 0 Å². The second-order valence-electron chi connectivity index (χ2n) is 4.81. The first kappa shape index (κ1) is 11.3. The number of hydrogen-bond donors (Lipinski definition) is 2. The molecular formula is C14H19NO.